The smallest absolute Gasteiger partial charge is 0.383 e. The Hall–Kier alpha value is -4.51. The topological polar surface area (TPSA) is 109 Å². The van der Waals surface area contributed by atoms with Gasteiger partial charge in [0, 0.05) is 11.8 Å². The van der Waals surface area contributed by atoms with Gasteiger partial charge in [-0.1, -0.05) is 30.3 Å². The number of carbonyl (C=O) groups is 1. The predicted molar refractivity (Wildman–Crippen MR) is 124 cm³/mol. The van der Waals surface area contributed by atoms with E-state index in [-0.39, 0.29) is 17.4 Å². The highest BCUT2D eigenvalue weighted by Crippen LogP contribution is 2.41. The molecule has 4 N–H and O–H groups in total. The maximum atomic E-state index is 12.9. The molecule has 2 aromatic carbocycles. The van der Waals surface area contributed by atoms with Crippen LogP contribution in [-0.2, 0) is 6.18 Å². The largest absolute Gasteiger partial charge is 0.416 e. The summed E-state index contributed by atoms with van der Waals surface area (Å²) in [5, 5.41) is 4.22. The van der Waals surface area contributed by atoms with Gasteiger partial charge in [0.05, 0.1) is 22.9 Å². The van der Waals surface area contributed by atoms with Gasteiger partial charge in [-0.3, -0.25) is 9.80 Å². The summed E-state index contributed by atoms with van der Waals surface area (Å²) in [4.78, 5) is 24.9. The van der Waals surface area contributed by atoms with Crippen LogP contribution >= 0.6 is 0 Å². The van der Waals surface area contributed by atoms with Gasteiger partial charge in [0.15, 0.2) is 5.82 Å². The molecular formula is C24H18F3N7O. The van der Waals surface area contributed by atoms with E-state index in [1.165, 1.54) is 6.33 Å². The number of hydrogen-bond donors (Lipinski definition) is 3. The Labute approximate surface area is 197 Å². The van der Waals surface area contributed by atoms with Gasteiger partial charge in [-0.25, -0.2) is 20.4 Å². The van der Waals surface area contributed by atoms with Crippen molar-refractivity contribution in [1.82, 2.24) is 20.4 Å². The molecule has 0 radical (unpaired) electrons. The number of nitrogens with two attached hydrogens (primary N) is 1. The molecule has 0 saturated heterocycles. The fourth-order valence-corrected chi connectivity index (χ4v) is 3.82. The summed E-state index contributed by atoms with van der Waals surface area (Å²) in [5.41, 5.74) is 11.3. The van der Waals surface area contributed by atoms with Crippen molar-refractivity contribution in [3.05, 3.63) is 102 Å². The van der Waals surface area contributed by atoms with Gasteiger partial charge < -0.3 is 11.1 Å². The van der Waals surface area contributed by atoms with E-state index in [1.54, 1.807) is 24.3 Å². The van der Waals surface area contributed by atoms with Gasteiger partial charge in [0.1, 0.15) is 18.0 Å². The van der Waals surface area contributed by atoms with Crippen LogP contribution in [0.1, 0.15) is 33.1 Å². The quantitative estimate of drug-likeness (QED) is 0.398. The Kier molecular flexibility index (Phi) is 5.53. The Balaban J connectivity index is 1.39. The lowest BCUT2D eigenvalue weighted by molar-refractivity contribution is -0.137. The maximum absolute atomic E-state index is 12.9. The van der Waals surface area contributed by atoms with Gasteiger partial charge in [-0.15, -0.1) is 0 Å². The summed E-state index contributed by atoms with van der Waals surface area (Å²) in [5.74, 6) is 0.162. The molecule has 1 aliphatic heterocycles. The molecule has 1 unspecified atom stereocenters. The summed E-state index contributed by atoms with van der Waals surface area (Å²) in [6, 6.07) is 17.4. The molecular weight excluding hydrogens is 459 g/mol. The van der Waals surface area contributed by atoms with E-state index in [1.807, 2.05) is 35.3 Å². The number of aromatic nitrogens is 3. The average molecular weight is 477 g/mol. The van der Waals surface area contributed by atoms with Gasteiger partial charge in [0.2, 0.25) is 0 Å². The molecule has 0 fully saturated rings. The van der Waals surface area contributed by atoms with Gasteiger partial charge in [0.25, 0.3) is 5.91 Å². The van der Waals surface area contributed by atoms with E-state index in [0.29, 0.717) is 17.2 Å². The fourth-order valence-electron chi connectivity index (χ4n) is 3.82. The number of nitrogens with zero attached hydrogens (tertiary/aromatic N) is 4. The van der Waals surface area contributed by atoms with Crippen molar-refractivity contribution >= 4 is 29.0 Å². The minimum absolute atomic E-state index is 0.191. The van der Waals surface area contributed by atoms with Crippen LogP contribution in [0.3, 0.4) is 0 Å². The molecule has 5 rings (SSSR count). The molecule has 4 aromatic rings. The number of nitrogens with one attached hydrogen (secondary N) is 2. The molecule has 1 amide bonds. The van der Waals surface area contributed by atoms with Crippen LogP contribution in [0, 0.1) is 0 Å². The summed E-state index contributed by atoms with van der Waals surface area (Å²) in [7, 11) is 0. The van der Waals surface area contributed by atoms with Crippen molar-refractivity contribution in [3.63, 3.8) is 0 Å². The molecule has 1 aliphatic rings. The Bertz CT molecular complexity index is 1380. The third-order valence-corrected chi connectivity index (χ3v) is 5.50. The zero-order valence-corrected chi connectivity index (χ0v) is 18.0. The highest BCUT2D eigenvalue weighted by atomic mass is 19.4. The minimum atomic E-state index is -4.53. The molecule has 11 heteroatoms. The lowest BCUT2D eigenvalue weighted by atomic mass is 10.00. The fraction of sp³-hybridized carbons (Fsp3) is 0.0833. The number of alkyl halides is 3. The number of hydrazine groups is 1. The number of halogens is 3. The van der Waals surface area contributed by atoms with Crippen molar-refractivity contribution in [2.75, 3.05) is 16.1 Å². The molecule has 176 valence electrons. The number of rotatable bonds is 4. The molecule has 35 heavy (non-hydrogen) atoms. The first-order chi connectivity index (χ1) is 16.8. The first-order valence-electron chi connectivity index (χ1n) is 10.5. The summed E-state index contributed by atoms with van der Waals surface area (Å²) < 4.78 is 38.8. The van der Waals surface area contributed by atoms with Crippen molar-refractivity contribution in [2.45, 2.75) is 12.2 Å². The van der Waals surface area contributed by atoms with E-state index >= 15 is 0 Å². The first kappa shape index (κ1) is 22.3. The monoisotopic (exact) mass is 477 g/mol. The Morgan fingerprint density at radius 1 is 1.00 bits per heavy atom. The molecule has 0 spiro atoms. The highest BCUT2D eigenvalue weighted by molar-refractivity contribution is 6.03. The normalized spacial score (nSPS) is 15.1. The van der Waals surface area contributed by atoms with Crippen molar-refractivity contribution < 1.29 is 18.0 Å². The van der Waals surface area contributed by atoms with Gasteiger partial charge in [-0.05, 0) is 42.0 Å². The van der Waals surface area contributed by atoms with E-state index in [9.17, 15) is 18.0 Å². The number of nitrogen functional groups attached to an aromatic ring is 1. The number of anilines is 4. The predicted octanol–water partition coefficient (Wildman–Crippen LogP) is 4.47. The number of benzene rings is 2. The Morgan fingerprint density at radius 2 is 1.74 bits per heavy atom. The molecule has 8 nitrogen and oxygen atoms in total. The van der Waals surface area contributed by atoms with Crippen LogP contribution in [0.5, 0.6) is 0 Å². The van der Waals surface area contributed by atoms with Crippen molar-refractivity contribution in [2.24, 2.45) is 0 Å². The number of para-hydroxylation sites is 1. The number of fused-ring (bicyclic) bond motifs is 1. The van der Waals surface area contributed by atoms with E-state index in [0.717, 1.165) is 29.6 Å². The molecule has 0 saturated carbocycles. The molecule has 3 heterocycles. The third-order valence-electron chi connectivity index (χ3n) is 5.50. The third kappa shape index (κ3) is 4.36. The van der Waals surface area contributed by atoms with Crippen LogP contribution < -0.4 is 21.5 Å². The summed E-state index contributed by atoms with van der Waals surface area (Å²) in [6.45, 7) is 0. The van der Waals surface area contributed by atoms with Crippen LogP contribution in [0.15, 0.2) is 79.3 Å². The van der Waals surface area contributed by atoms with Crippen molar-refractivity contribution in [3.8, 4) is 0 Å². The van der Waals surface area contributed by atoms with Crippen LogP contribution in [-0.4, -0.2) is 20.9 Å². The second kappa shape index (κ2) is 8.69. The van der Waals surface area contributed by atoms with E-state index < -0.39 is 17.6 Å². The SMILES string of the molecule is Nc1ncnc2c1C(c1ccc(C(=O)Nc3cc(C(F)(F)F)ccn3)cc1)NN2c1ccccc1. The van der Waals surface area contributed by atoms with E-state index in [2.05, 4.69) is 25.7 Å². The number of hydrogen-bond acceptors (Lipinski definition) is 7. The van der Waals surface area contributed by atoms with E-state index in [4.69, 9.17) is 5.73 Å². The number of carbonyl (C=O) groups excluding carboxylic acids is 1. The van der Waals surface area contributed by atoms with Crippen LogP contribution in [0.25, 0.3) is 0 Å². The second-order valence-electron chi connectivity index (χ2n) is 7.73. The minimum Gasteiger partial charge on any atom is -0.383 e. The zero-order valence-electron chi connectivity index (χ0n) is 18.0. The van der Waals surface area contributed by atoms with Crippen LogP contribution in [0.2, 0.25) is 0 Å². The molecule has 0 bridgehead atoms. The number of pyridine rings is 1. The average Bonchev–Trinajstić information content (AvgIpc) is 3.25. The molecule has 1 atom stereocenters. The van der Waals surface area contributed by atoms with Crippen molar-refractivity contribution in [1.29, 1.82) is 0 Å². The lowest BCUT2D eigenvalue weighted by Crippen LogP contribution is -2.30. The number of amides is 1. The first-order valence-corrected chi connectivity index (χ1v) is 10.5. The molecule has 2 aromatic heterocycles. The van der Waals surface area contributed by atoms with Gasteiger partial charge >= 0.3 is 6.18 Å². The summed E-state index contributed by atoms with van der Waals surface area (Å²) in [6.07, 6.45) is -2.15. The zero-order chi connectivity index (χ0) is 24.6. The second-order valence-corrected chi connectivity index (χ2v) is 7.73. The van der Waals surface area contributed by atoms with Gasteiger partial charge in [-0.2, -0.15) is 13.2 Å². The molecule has 0 aliphatic carbocycles. The summed E-state index contributed by atoms with van der Waals surface area (Å²) >= 11 is 0. The standard InChI is InChI=1S/C24H18F3N7O/c25-24(26,27)16-10-11-29-18(12-16)32-23(35)15-8-6-14(7-9-15)20-19-21(28)30-13-31-22(19)34(33-20)17-4-2-1-3-5-17/h1-13,20,33H,(H2,28,30,31)(H,29,32,35). The highest BCUT2D eigenvalue weighted by Gasteiger charge is 2.34. The van der Waals surface area contributed by atoms with Crippen LogP contribution in [0.4, 0.5) is 36.3 Å². The lowest BCUT2D eigenvalue weighted by Gasteiger charge is -2.20. The maximum Gasteiger partial charge on any atom is 0.416 e. The Morgan fingerprint density at radius 3 is 2.46 bits per heavy atom.